The minimum atomic E-state index is -0.233. The average molecular weight is 307 g/mol. The van der Waals surface area contributed by atoms with Crippen molar-refractivity contribution in [2.24, 2.45) is 0 Å². The monoisotopic (exact) mass is 307 g/mol. The lowest BCUT2D eigenvalue weighted by Crippen LogP contribution is -2.23. The van der Waals surface area contributed by atoms with Gasteiger partial charge in [0.2, 0.25) is 0 Å². The lowest BCUT2D eigenvalue weighted by Gasteiger charge is -2.21. The quantitative estimate of drug-likeness (QED) is 0.788. The van der Waals surface area contributed by atoms with Gasteiger partial charge in [0.15, 0.2) is 0 Å². The summed E-state index contributed by atoms with van der Waals surface area (Å²) in [6.07, 6.45) is 0.292. The smallest absolute Gasteiger partial charge is 0.274 e. The number of nitrogens with zero attached hydrogens (tertiary/aromatic N) is 1. The molecule has 0 N–H and O–H groups in total. The van der Waals surface area contributed by atoms with E-state index in [0.717, 1.165) is 28.1 Å². The number of ether oxygens (including phenoxy) is 3. The molecule has 1 unspecified atom stereocenters. The Bertz CT molecular complexity index is 653. The van der Waals surface area contributed by atoms with Gasteiger partial charge in [-0.2, -0.15) is 0 Å². The summed E-state index contributed by atoms with van der Waals surface area (Å²) >= 11 is 1.58. The normalized spacial score (nSPS) is 18.3. The largest absolute Gasteiger partial charge is 0.488 e. The van der Waals surface area contributed by atoms with Crippen molar-refractivity contribution in [3.8, 4) is 10.9 Å². The molecule has 1 saturated heterocycles. The zero-order valence-corrected chi connectivity index (χ0v) is 13.9. The Labute approximate surface area is 129 Å². The fourth-order valence-corrected chi connectivity index (χ4v) is 3.22. The van der Waals surface area contributed by atoms with Crippen molar-refractivity contribution < 1.29 is 14.2 Å². The number of thiazole rings is 1. The maximum atomic E-state index is 5.99. The molecule has 0 spiro atoms. The van der Waals surface area contributed by atoms with Crippen LogP contribution in [0.4, 0.5) is 0 Å². The fraction of sp³-hybridized carbons (Fsp3) is 0.562. The molecule has 1 aliphatic rings. The molecule has 0 radical (unpaired) electrons. The summed E-state index contributed by atoms with van der Waals surface area (Å²) in [6, 6.07) is 4.05. The van der Waals surface area contributed by atoms with Gasteiger partial charge in [-0.25, -0.2) is 4.98 Å². The summed E-state index contributed by atoms with van der Waals surface area (Å²) in [5, 5.41) is 0.704. The maximum Gasteiger partial charge on any atom is 0.274 e. The Morgan fingerprint density at radius 1 is 1.33 bits per heavy atom. The Hall–Kier alpha value is -1.33. The van der Waals surface area contributed by atoms with Crippen LogP contribution in [0.25, 0.3) is 10.2 Å². The summed E-state index contributed by atoms with van der Waals surface area (Å²) in [4.78, 5) is 4.58. The molecule has 1 aliphatic heterocycles. The molecule has 1 atom stereocenters. The Morgan fingerprint density at radius 3 is 2.62 bits per heavy atom. The van der Waals surface area contributed by atoms with Crippen LogP contribution in [0.1, 0.15) is 46.3 Å². The summed E-state index contributed by atoms with van der Waals surface area (Å²) in [5.74, 6) is 0.835. The van der Waals surface area contributed by atoms with Crippen LogP contribution in [0.2, 0.25) is 0 Å². The first-order valence-electron chi connectivity index (χ1n) is 7.23. The van der Waals surface area contributed by atoms with E-state index in [0.29, 0.717) is 5.19 Å². The molecule has 5 heteroatoms. The molecule has 1 aromatic carbocycles. The van der Waals surface area contributed by atoms with Crippen LogP contribution in [0.15, 0.2) is 12.1 Å². The molecule has 1 fully saturated rings. The van der Waals surface area contributed by atoms with Gasteiger partial charge in [0.1, 0.15) is 17.5 Å². The second kappa shape index (κ2) is 5.14. The zero-order chi connectivity index (χ0) is 15.2. The van der Waals surface area contributed by atoms with E-state index in [4.69, 9.17) is 14.2 Å². The zero-order valence-electron chi connectivity index (χ0n) is 13.1. The van der Waals surface area contributed by atoms with Crippen molar-refractivity contribution in [1.29, 1.82) is 0 Å². The van der Waals surface area contributed by atoms with E-state index in [1.165, 1.54) is 0 Å². The molecule has 0 bridgehead atoms. The van der Waals surface area contributed by atoms with Crippen molar-refractivity contribution in [3.63, 3.8) is 0 Å². The lowest BCUT2D eigenvalue weighted by atomic mass is 10.1. The third kappa shape index (κ3) is 3.47. The van der Waals surface area contributed by atoms with E-state index in [-0.39, 0.29) is 17.8 Å². The minimum Gasteiger partial charge on any atom is -0.488 e. The molecule has 114 valence electrons. The van der Waals surface area contributed by atoms with Crippen molar-refractivity contribution >= 4 is 21.6 Å². The third-order valence-electron chi connectivity index (χ3n) is 2.91. The van der Waals surface area contributed by atoms with E-state index in [2.05, 4.69) is 11.1 Å². The van der Waals surface area contributed by atoms with E-state index >= 15 is 0 Å². The van der Waals surface area contributed by atoms with Gasteiger partial charge in [0, 0.05) is 11.6 Å². The van der Waals surface area contributed by atoms with Gasteiger partial charge in [0.25, 0.3) is 5.19 Å². The van der Waals surface area contributed by atoms with Crippen molar-refractivity contribution in [3.05, 3.63) is 17.7 Å². The standard InChI is InChI=1S/C16H21NO3S/c1-9(2)19-15-17-12-7-10(20-16(3,4)5)6-11(13-8-18-13)14(12)21-15/h6-7,9,13H,8H2,1-5H3. The molecule has 3 rings (SSSR count). The van der Waals surface area contributed by atoms with Gasteiger partial charge >= 0.3 is 0 Å². The Morgan fingerprint density at radius 2 is 2.05 bits per heavy atom. The summed E-state index contributed by atoms with van der Waals surface area (Å²) in [6.45, 7) is 10.9. The van der Waals surface area contributed by atoms with Gasteiger partial charge < -0.3 is 14.2 Å². The van der Waals surface area contributed by atoms with Crippen LogP contribution in [-0.2, 0) is 4.74 Å². The molecule has 1 aromatic heterocycles. The number of hydrogen-bond acceptors (Lipinski definition) is 5. The highest BCUT2D eigenvalue weighted by Crippen LogP contribution is 2.42. The SMILES string of the molecule is CC(C)Oc1nc2cc(OC(C)(C)C)cc(C3CO3)c2s1. The minimum absolute atomic E-state index is 0.122. The predicted molar refractivity (Wildman–Crippen MR) is 84.5 cm³/mol. The summed E-state index contributed by atoms with van der Waals surface area (Å²) < 4.78 is 18.3. The molecule has 21 heavy (non-hydrogen) atoms. The molecule has 0 aliphatic carbocycles. The van der Waals surface area contributed by atoms with Crippen molar-refractivity contribution in [2.75, 3.05) is 6.61 Å². The van der Waals surface area contributed by atoms with E-state index in [9.17, 15) is 0 Å². The molecule has 0 amide bonds. The van der Waals surface area contributed by atoms with E-state index in [1.807, 2.05) is 40.7 Å². The van der Waals surface area contributed by atoms with Crippen LogP contribution in [0.5, 0.6) is 10.9 Å². The highest BCUT2D eigenvalue weighted by molar-refractivity contribution is 7.20. The first-order valence-corrected chi connectivity index (χ1v) is 8.05. The topological polar surface area (TPSA) is 43.9 Å². The van der Waals surface area contributed by atoms with Gasteiger partial charge in [-0.15, -0.1) is 0 Å². The van der Waals surface area contributed by atoms with Gasteiger partial charge in [-0.05, 0) is 40.7 Å². The number of fused-ring (bicyclic) bond motifs is 1. The average Bonchev–Trinajstić information content (AvgIpc) is 3.07. The molecular formula is C16H21NO3S. The van der Waals surface area contributed by atoms with Crippen molar-refractivity contribution in [2.45, 2.75) is 52.4 Å². The number of hydrogen-bond donors (Lipinski definition) is 0. The van der Waals surface area contributed by atoms with E-state index in [1.54, 1.807) is 11.3 Å². The molecular weight excluding hydrogens is 286 g/mol. The molecule has 2 heterocycles. The van der Waals surface area contributed by atoms with Gasteiger partial charge in [-0.3, -0.25) is 0 Å². The van der Waals surface area contributed by atoms with Crippen LogP contribution in [0, 0.1) is 0 Å². The highest BCUT2D eigenvalue weighted by Gasteiger charge is 2.29. The van der Waals surface area contributed by atoms with Crippen LogP contribution in [-0.4, -0.2) is 23.3 Å². The summed E-state index contributed by atoms with van der Waals surface area (Å²) in [7, 11) is 0. The van der Waals surface area contributed by atoms with E-state index < -0.39 is 0 Å². The number of aromatic nitrogens is 1. The number of epoxide rings is 1. The van der Waals surface area contributed by atoms with Crippen LogP contribution in [0.3, 0.4) is 0 Å². The molecule has 0 saturated carbocycles. The Kier molecular flexibility index (Phi) is 3.58. The second-order valence-electron chi connectivity index (χ2n) is 6.54. The second-order valence-corrected chi connectivity index (χ2v) is 7.51. The predicted octanol–water partition coefficient (Wildman–Crippen LogP) is 4.33. The molecule has 4 nitrogen and oxygen atoms in total. The van der Waals surface area contributed by atoms with Crippen molar-refractivity contribution in [1.82, 2.24) is 4.98 Å². The van der Waals surface area contributed by atoms with Gasteiger partial charge in [0.05, 0.1) is 22.9 Å². The molecule has 2 aromatic rings. The first-order chi connectivity index (χ1) is 9.82. The summed E-state index contributed by atoms with van der Waals surface area (Å²) in [5.41, 5.74) is 1.84. The maximum absolute atomic E-state index is 5.99. The van der Waals surface area contributed by atoms with Crippen LogP contribution < -0.4 is 9.47 Å². The first kappa shape index (κ1) is 14.6. The number of benzene rings is 1. The number of rotatable bonds is 4. The fourth-order valence-electron chi connectivity index (χ4n) is 2.14. The lowest BCUT2D eigenvalue weighted by molar-refractivity contribution is 0.131. The highest BCUT2D eigenvalue weighted by atomic mass is 32.1. The Balaban J connectivity index is 2.03. The van der Waals surface area contributed by atoms with Crippen LogP contribution >= 0.6 is 11.3 Å². The third-order valence-corrected chi connectivity index (χ3v) is 3.92. The van der Waals surface area contributed by atoms with Gasteiger partial charge in [-0.1, -0.05) is 11.3 Å².